The number of pyridine rings is 1. The maximum Gasteiger partial charge on any atom is 0.213 e. The Morgan fingerprint density at radius 2 is 1.79 bits per heavy atom. The molecule has 0 amide bonds. The molecule has 6 heteroatoms. The van der Waals surface area contributed by atoms with Gasteiger partial charge in [-0.1, -0.05) is 18.2 Å². The van der Waals surface area contributed by atoms with Crippen LogP contribution < -0.4 is 9.64 Å². The standard InChI is InChI=1S/C22H22N4O2/c1-26(17-5-3-4-6-17)21-10-9-19(24-25-21)18-8-7-15(13-20(18)27)16-11-12-23-22(14-16)28-2/h3-4,7-14,17,27H,5-6H2,1-2H3. The highest BCUT2D eigenvalue weighted by atomic mass is 16.5. The zero-order chi connectivity index (χ0) is 19.5. The number of phenols is 1. The molecule has 1 aromatic carbocycles. The van der Waals surface area contributed by atoms with Gasteiger partial charge in [-0.2, -0.15) is 0 Å². The van der Waals surface area contributed by atoms with Crippen LogP contribution in [0.25, 0.3) is 22.4 Å². The molecule has 2 heterocycles. The van der Waals surface area contributed by atoms with Gasteiger partial charge in [0.15, 0.2) is 5.82 Å². The van der Waals surface area contributed by atoms with Gasteiger partial charge in [-0.3, -0.25) is 0 Å². The molecule has 0 saturated carbocycles. The number of benzene rings is 1. The molecule has 6 nitrogen and oxygen atoms in total. The highest BCUT2D eigenvalue weighted by Crippen LogP contribution is 2.33. The molecule has 0 fully saturated rings. The molecule has 142 valence electrons. The first-order chi connectivity index (χ1) is 13.7. The third-order valence-corrected chi connectivity index (χ3v) is 5.09. The Labute approximate surface area is 164 Å². The van der Waals surface area contributed by atoms with Gasteiger partial charge >= 0.3 is 0 Å². The molecule has 1 aliphatic carbocycles. The van der Waals surface area contributed by atoms with Crippen LogP contribution in [0.2, 0.25) is 0 Å². The molecule has 1 aliphatic rings. The van der Waals surface area contributed by atoms with Crippen molar-refractivity contribution in [3.8, 4) is 34.0 Å². The van der Waals surface area contributed by atoms with Crippen molar-refractivity contribution in [2.75, 3.05) is 19.1 Å². The molecule has 0 radical (unpaired) electrons. The maximum atomic E-state index is 10.6. The first kappa shape index (κ1) is 18.0. The third kappa shape index (κ3) is 3.53. The minimum absolute atomic E-state index is 0.156. The van der Waals surface area contributed by atoms with Crippen molar-refractivity contribution in [2.24, 2.45) is 0 Å². The van der Waals surface area contributed by atoms with Crippen LogP contribution in [0.4, 0.5) is 5.82 Å². The molecule has 0 aliphatic heterocycles. The van der Waals surface area contributed by atoms with E-state index in [1.807, 2.05) is 43.4 Å². The van der Waals surface area contributed by atoms with Gasteiger partial charge in [0.1, 0.15) is 5.75 Å². The van der Waals surface area contributed by atoms with Crippen LogP contribution in [0, 0.1) is 0 Å². The Morgan fingerprint density at radius 3 is 2.46 bits per heavy atom. The average molecular weight is 374 g/mol. The highest BCUT2D eigenvalue weighted by molar-refractivity contribution is 5.74. The van der Waals surface area contributed by atoms with Gasteiger partial charge in [-0.05, 0) is 54.3 Å². The number of hydrogen-bond donors (Lipinski definition) is 1. The van der Waals surface area contributed by atoms with E-state index in [0.717, 1.165) is 29.8 Å². The molecule has 0 bridgehead atoms. The number of rotatable bonds is 5. The van der Waals surface area contributed by atoms with Crippen LogP contribution in [0.5, 0.6) is 11.6 Å². The van der Waals surface area contributed by atoms with Gasteiger partial charge in [0.25, 0.3) is 0 Å². The second-order valence-corrected chi connectivity index (χ2v) is 6.80. The lowest BCUT2D eigenvalue weighted by Crippen LogP contribution is -2.30. The summed E-state index contributed by atoms with van der Waals surface area (Å²) in [7, 11) is 3.62. The summed E-state index contributed by atoms with van der Waals surface area (Å²) in [5, 5.41) is 19.2. The molecule has 0 saturated heterocycles. The van der Waals surface area contributed by atoms with Crippen molar-refractivity contribution in [1.82, 2.24) is 15.2 Å². The van der Waals surface area contributed by atoms with Crippen LogP contribution in [0.3, 0.4) is 0 Å². The van der Waals surface area contributed by atoms with E-state index >= 15 is 0 Å². The lowest BCUT2D eigenvalue weighted by Gasteiger charge is -2.24. The van der Waals surface area contributed by atoms with Crippen molar-refractivity contribution in [3.05, 3.63) is 60.8 Å². The van der Waals surface area contributed by atoms with Crippen molar-refractivity contribution >= 4 is 5.82 Å². The number of aromatic nitrogens is 3. The Hall–Kier alpha value is -3.41. The zero-order valence-corrected chi connectivity index (χ0v) is 15.9. The molecule has 0 unspecified atom stereocenters. The van der Waals surface area contributed by atoms with Crippen molar-refractivity contribution < 1.29 is 9.84 Å². The van der Waals surface area contributed by atoms with E-state index in [-0.39, 0.29) is 5.75 Å². The fourth-order valence-corrected chi connectivity index (χ4v) is 3.39. The summed E-state index contributed by atoms with van der Waals surface area (Å²) in [5.74, 6) is 1.52. The minimum Gasteiger partial charge on any atom is -0.507 e. The minimum atomic E-state index is 0.156. The Balaban J connectivity index is 1.57. The second-order valence-electron chi connectivity index (χ2n) is 6.80. The van der Waals surface area contributed by atoms with E-state index in [1.54, 1.807) is 19.4 Å². The Morgan fingerprint density at radius 1 is 1.00 bits per heavy atom. The van der Waals surface area contributed by atoms with E-state index in [1.165, 1.54) is 0 Å². The first-order valence-corrected chi connectivity index (χ1v) is 9.21. The number of methoxy groups -OCH3 is 1. The van der Waals surface area contributed by atoms with Crippen LogP contribution in [0.15, 0.2) is 60.8 Å². The number of hydrogen-bond acceptors (Lipinski definition) is 6. The summed E-state index contributed by atoms with van der Waals surface area (Å²) in [4.78, 5) is 6.26. The smallest absolute Gasteiger partial charge is 0.213 e. The predicted molar refractivity (Wildman–Crippen MR) is 109 cm³/mol. The van der Waals surface area contributed by atoms with E-state index < -0.39 is 0 Å². The normalized spacial score (nSPS) is 13.6. The highest BCUT2D eigenvalue weighted by Gasteiger charge is 2.18. The average Bonchev–Trinajstić information content (AvgIpc) is 3.28. The summed E-state index contributed by atoms with van der Waals surface area (Å²) in [5.41, 5.74) is 3.08. The summed E-state index contributed by atoms with van der Waals surface area (Å²) in [6.07, 6.45) is 8.13. The molecule has 3 aromatic rings. The topological polar surface area (TPSA) is 71.4 Å². The summed E-state index contributed by atoms with van der Waals surface area (Å²) < 4.78 is 5.17. The SMILES string of the molecule is COc1cc(-c2ccc(-c3ccc(N(C)C4CC=CC4)nn3)c(O)c2)ccn1. The number of anilines is 1. The fourth-order valence-electron chi connectivity index (χ4n) is 3.39. The van der Waals surface area contributed by atoms with Gasteiger partial charge in [0, 0.05) is 30.9 Å². The lowest BCUT2D eigenvalue weighted by molar-refractivity contribution is 0.398. The first-order valence-electron chi connectivity index (χ1n) is 9.21. The van der Waals surface area contributed by atoms with E-state index in [4.69, 9.17) is 4.74 Å². The van der Waals surface area contributed by atoms with E-state index in [9.17, 15) is 5.11 Å². The number of nitrogens with zero attached hydrogens (tertiary/aromatic N) is 4. The number of phenolic OH excluding ortho intramolecular Hbond substituents is 1. The van der Waals surface area contributed by atoms with Crippen LogP contribution in [-0.2, 0) is 0 Å². The van der Waals surface area contributed by atoms with Gasteiger partial charge in [0.2, 0.25) is 5.88 Å². The quantitative estimate of drug-likeness (QED) is 0.679. The van der Waals surface area contributed by atoms with Gasteiger partial charge < -0.3 is 14.7 Å². The molecular weight excluding hydrogens is 352 g/mol. The maximum absolute atomic E-state index is 10.6. The van der Waals surface area contributed by atoms with Gasteiger partial charge in [-0.15, -0.1) is 10.2 Å². The number of aromatic hydroxyl groups is 1. The van der Waals surface area contributed by atoms with Gasteiger partial charge in [-0.25, -0.2) is 4.98 Å². The molecule has 4 rings (SSSR count). The van der Waals surface area contributed by atoms with Crippen LogP contribution >= 0.6 is 0 Å². The molecule has 0 atom stereocenters. The Bertz CT molecular complexity index is 994. The summed E-state index contributed by atoms with van der Waals surface area (Å²) in [6, 6.07) is 13.5. The van der Waals surface area contributed by atoms with Gasteiger partial charge in [0.05, 0.1) is 12.8 Å². The second kappa shape index (κ2) is 7.68. The third-order valence-electron chi connectivity index (χ3n) is 5.09. The fraction of sp³-hybridized carbons (Fsp3) is 0.227. The molecule has 1 N–H and O–H groups in total. The molecular formula is C22H22N4O2. The summed E-state index contributed by atoms with van der Waals surface area (Å²) in [6.45, 7) is 0. The molecule has 0 spiro atoms. The summed E-state index contributed by atoms with van der Waals surface area (Å²) >= 11 is 0. The van der Waals surface area contributed by atoms with E-state index in [2.05, 4.69) is 32.2 Å². The predicted octanol–water partition coefficient (Wildman–Crippen LogP) is 4.07. The van der Waals surface area contributed by atoms with E-state index in [0.29, 0.717) is 23.2 Å². The van der Waals surface area contributed by atoms with Crippen molar-refractivity contribution in [2.45, 2.75) is 18.9 Å². The largest absolute Gasteiger partial charge is 0.507 e. The van der Waals surface area contributed by atoms with Crippen molar-refractivity contribution in [1.29, 1.82) is 0 Å². The number of ether oxygens (including phenoxy) is 1. The van der Waals surface area contributed by atoms with Crippen molar-refractivity contribution in [3.63, 3.8) is 0 Å². The zero-order valence-electron chi connectivity index (χ0n) is 15.9. The lowest BCUT2D eigenvalue weighted by atomic mass is 10.0. The Kier molecular flexibility index (Phi) is 4.93. The van der Waals surface area contributed by atoms with Crippen LogP contribution in [0.1, 0.15) is 12.8 Å². The molecule has 2 aromatic heterocycles. The van der Waals surface area contributed by atoms with Crippen LogP contribution in [-0.4, -0.2) is 40.5 Å². The monoisotopic (exact) mass is 374 g/mol. The molecule has 28 heavy (non-hydrogen) atoms.